The second-order valence-electron chi connectivity index (χ2n) is 7.47. The van der Waals surface area contributed by atoms with E-state index in [9.17, 15) is 0 Å². The molecule has 0 aromatic heterocycles. The fourth-order valence-corrected chi connectivity index (χ4v) is 4.53. The summed E-state index contributed by atoms with van der Waals surface area (Å²) in [6, 6.07) is 11.9. The highest BCUT2D eigenvalue weighted by Gasteiger charge is 2.30. The van der Waals surface area contributed by atoms with E-state index >= 15 is 0 Å². The summed E-state index contributed by atoms with van der Waals surface area (Å²) in [5, 5.41) is 1.45. The van der Waals surface area contributed by atoms with Gasteiger partial charge in [-0.2, -0.15) is 0 Å². The van der Waals surface area contributed by atoms with Crippen molar-refractivity contribution >= 4 is 35.0 Å². The summed E-state index contributed by atoms with van der Waals surface area (Å²) in [7, 11) is 0. The molecule has 4 nitrogen and oxygen atoms in total. The van der Waals surface area contributed by atoms with Gasteiger partial charge in [0, 0.05) is 32.3 Å². The van der Waals surface area contributed by atoms with Crippen molar-refractivity contribution in [1.29, 1.82) is 0 Å². The highest BCUT2D eigenvalue weighted by atomic mass is 35.5. The van der Waals surface area contributed by atoms with Crippen molar-refractivity contribution in [1.82, 2.24) is 0 Å². The Kier molecular flexibility index (Phi) is 4.77. The van der Waals surface area contributed by atoms with Gasteiger partial charge in [-0.1, -0.05) is 36.0 Å². The summed E-state index contributed by atoms with van der Waals surface area (Å²) in [6.07, 6.45) is 4.32. The van der Waals surface area contributed by atoms with Gasteiger partial charge >= 0.3 is 0 Å². The molecular weight excluding hydrogens is 395 g/mol. The standard InChI is InChI=1S/C22H20Cl2N2O2/c23-15-5-7-17-13(9-15)11-27-21(17)25-19-3-1-2-4-20(19)26-22-18-8-6-16(24)10-14(18)12-28-22/h5-10,19-20H,1-4,11-12H2/t19-,20-/m1/s1. The molecule has 28 heavy (non-hydrogen) atoms. The van der Waals surface area contributed by atoms with Gasteiger partial charge in [-0.05, 0) is 49.2 Å². The molecule has 6 heteroatoms. The first-order valence-electron chi connectivity index (χ1n) is 9.66. The first-order chi connectivity index (χ1) is 13.7. The van der Waals surface area contributed by atoms with Crippen molar-refractivity contribution in [3.05, 3.63) is 68.7 Å². The van der Waals surface area contributed by atoms with Crippen molar-refractivity contribution in [3.8, 4) is 0 Å². The third-order valence-electron chi connectivity index (χ3n) is 5.58. The Morgan fingerprint density at radius 1 is 0.714 bits per heavy atom. The highest BCUT2D eigenvalue weighted by Crippen LogP contribution is 2.30. The van der Waals surface area contributed by atoms with Crippen molar-refractivity contribution in [2.75, 3.05) is 0 Å². The Bertz CT molecular complexity index is 907. The minimum atomic E-state index is 0.0952. The average molecular weight is 415 g/mol. The summed E-state index contributed by atoms with van der Waals surface area (Å²) in [5.74, 6) is 1.42. The Morgan fingerprint density at radius 3 is 1.64 bits per heavy atom. The molecule has 0 bridgehead atoms. The molecular formula is C22H20Cl2N2O2. The molecule has 0 unspecified atom stereocenters. The van der Waals surface area contributed by atoms with Crippen LogP contribution in [0.5, 0.6) is 0 Å². The molecule has 2 aliphatic heterocycles. The normalized spacial score (nSPS) is 26.1. The Hall–Kier alpha value is -2.04. The fraction of sp³-hybridized carbons (Fsp3) is 0.364. The Labute approximate surface area is 174 Å². The lowest BCUT2D eigenvalue weighted by molar-refractivity contribution is 0.295. The van der Waals surface area contributed by atoms with Crippen LogP contribution in [0.2, 0.25) is 10.0 Å². The van der Waals surface area contributed by atoms with Gasteiger partial charge in [-0.3, -0.25) is 0 Å². The molecule has 0 saturated heterocycles. The second-order valence-corrected chi connectivity index (χ2v) is 8.34. The van der Waals surface area contributed by atoms with E-state index in [1.165, 1.54) is 0 Å². The molecule has 2 aromatic rings. The van der Waals surface area contributed by atoms with Crippen LogP contribution in [0.4, 0.5) is 0 Å². The maximum absolute atomic E-state index is 6.10. The maximum Gasteiger partial charge on any atom is 0.217 e. The molecule has 0 amide bonds. The lowest BCUT2D eigenvalue weighted by Gasteiger charge is -2.26. The number of fused-ring (bicyclic) bond motifs is 2. The molecule has 1 aliphatic carbocycles. The van der Waals surface area contributed by atoms with Crippen molar-refractivity contribution in [3.63, 3.8) is 0 Å². The zero-order valence-electron chi connectivity index (χ0n) is 15.3. The first-order valence-corrected chi connectivity index (χ1v) is 10.4. The predicted octanol–water partition coefficient (Wildman–Crippen LogP) is 5.56. The SMILES string of the molecule is Clc1ccc2c(c1)COC2=N[C@@H]1CCCC[C@H]1N=C1OCc2cc(Cl)ccc21. The van der Waals surface area contributed by atoms with Crippen LogP contribution in [0.1, 0.15) is 47.9 Å². The van der Waals surface area contributed by atoms with Gasteiger partial charge in [0.25, 0.3) is 0 Å². The predicted molar refractivity (Wildman–Crippen MR) is 112 cm³/mol. The maximum atomic E-state index is 6.10. The lowest BCUT2D eigenvalue weighted by Crippen LogP contribution is -2.29. The summed E-state index contributed by atoms with van der Waals surface area (Å²) in [6.45, 7) is 1.05. The number of aliphatic imine (C=N–C) groups is 2. The summed E-state index contributed by atoms with van der Waals surface area (Å²) in [4.78, 5) is 9.93. The van der Waals surface area contributed by atoms with E-state index in [2.05, 4.69) is 0 Å². The zero-order chi connectivity index (χ0) is 19.1. The van der Waals surface area contributed by atoms with Crippen LogP contribution in [0, 0.1) is 0 Å². The van der Waals surface area contributed by atoms with E-state index in [4.69, 9.17) is 42.7 Å². The fourth-order valence-electron chi connectivity index (χ4n) is 4.14. The van der Waals surface area contributed by atoms with Crippen LogP contribution in [0.3, 0.4) is 0 Å². The number of hydrogen-bond donors (Lipinski definition) is 0. The third-order valence-corrected chi connectivity index (χ3v) is 6.05. The van der Waals surface area contributed by atoms with Crippen LogP contribution in [-0.4, -0.2) is 23.9 Å². The largest absolute Gasteiger partial charge is 0.473 e. The minimum Gasteiger partial charge on any atom is -0.473 e. The van der Waals surface area contributed by atoms with E-state index in [0.29, 0.717) is 25.0 Å². The lowest BCUT2D eigenvalue weighted by atomic mass is 9.91. The zero-order valence-corrected chi connectivity index (χ0v) is 16.8. The number of rotatable bonds is 2. The number of ether oxygens (including phenoxy) is 2. The number of hydrogen-bond acceptors (Lipinski definition) is 4. The number of nitrogens with zero attached hydrogens (tertiary/aromatic N) is 2. The molecule has 0 N–H and O–H groups in total. The molecule has 1 saturated carbocycles. The topological polar surface area (TPSA) is 43.2 Å². The van der Waals surface area contributed by atoms with Crippen LogP contribution < -0.4 is 0 Å². The van der Waals surface area contributed by atoms with Crippen LogP contribution in [-0.2, 0) is 22.7 Å². The molecule has 2 atom stereocenters. The second kappa shape index (κ2) is 7.41. The van der Waals surface area contributed by atoms with Gasteiger partial charge < -0.3 is 9.47 Å². The molecule has 1 fully saturated rings. The van der Waals surface area contributed by atoms with Crippen molar-refractivity contribution in [2.24, 2.45) is 9.98 Å². The Morgan fingerprint density at radius 2 is 1.18 bits per heavy atom. The van der Waals surface area contributed by atoms with Gasteiger partial charge in [0.15, 0.2) is 0 Å². The monoisotopic (exact) mass is 414 g/mol. The molecule has 144 valence electrons. The van der Waals surface area contributed by atoms with Crippen molar-refractivity contribution < 1.29 is 9.47 Å². The van der Waals surface area contributed by atoms with E-state index in [1.54, 1.807) is 0 Å². The highest BCUT2D eigenvalue weighted by molar-refractivity contribution is 6.31. The summed E-state index contributed by atoms with van der Waals surface area (Å²) in [5.41, 5.74) is 4.27. The van der Waals surface area contributed by atoms with Crippen LogP contribution >= 0.6 is 23.2 Å². The van der Waals surface area contributed by atoms with E-state index in [-0.39, 0.29) is 12.1 Å². The Balaban J connectivity index is 1.43. The smallest absolute Gasteiger partial charge is 0.217 e. The van der Waals surface area contributed by atoms with Gasteiger partial charge in [0.2, 0.25) is 11.8 Å². The molecule has 0 radical (unpaired) electrons. The number of halogens is 2. The van der Waals surface area contributed by atoms with Gasteiger partial charge in [0.05, 0.1) is 12.1 Å². The third kappa shape index (κ3) is 3.40. The van der Waals surface area contributed by atoms with E-state index < -0.39 is 0 Å². The molecule has 5 rings (SSSR count). The van der Waals surface area contributed by atoms with Crippen LogP contribution in [0.15, 0.2) is 46.4 Å². The first kappa shape index (κ1) is 18.0. The molecule has 2 aromatic carbocycles. The van der Waals surface area contributed by atoms with E-state index in [0.717, 1.165) is 58.0 Å². The van der Waals surface area contributed by atoms with Gasteiger partial charge in [0.1, 0.15) is 13.2 Å². The number of benzene rings is 2. The molecule has 0 spiro atoms. The van der Waals surface area contributed by atoms with E-state index in [1.807, 2.05) is 36.4 Å². The summed E-state index contributed by atoms with van der Waals surface area (Å²) < 4.78 is 11.7. The molecule has 3 aliphatic rings. The van der Waals surface area contributed by atoms with Gasteiger partial charge in [-0.15, -0.1) is 0 Å². The minimum absolute atomic E-state index is 0.0952. The summed E-state index contributed by atoms with van der Waals surface area (Å²) >= 11 is 12.2. The van der Waals surface area contributed by atoms with Crippen LogP contribution in [0.25, 0.3) is 0 Å². The van der Waals surface area contributed by atoms with Gasteiger partial charge in [-0.25, -0.2) is 9.98 Å². The molecule has 2 heterocycles. The quantitative estimate of drug-likeness (QED) is 0.645. The van der Waals surface area contributed by atoms with Crippen molar-refractivity contribution in [2.45, 2.75) is 51.0 Å². The average Bonchev–Trinajstić information content (AvgIpc) is 3.27.